The molecule has 2 aliphatic heterocycles. The van der Waals surface area contributed by atoms with Crippen LogP contribution in [0.4, 0.5) is 4.79 Å². The van der Waals surface area contributed by atoms with E-state index in [9.17, 15) is 9.59 Å². The highest BCUT2D eigenvalue weighted by Gasteiger charge is 2.30. The Labute approximate surface area is 130 Å². The molecule has 6 nitrogen and oxygen atoms in total. The molecule has 3 N–H and O–H groups in total. The Morgan fingerprint density at radius 1 is 1.24 bits per heavy atom. The summed E-state index contributed by atoms with van der Waals surface area (Å²) < 4.78 is 0. The van der Waals surface area contributed by atoms with Crippen molar-refractivity contribution in [2.24, 2.45) is 0 Å². The lowest BCUT2D eigenvalue weighted by Crippen LogP contribution is -2.54. The van der Waals surface area contributed by atoms with Gasteiger partial charge in [0, 0.05) is 36.3 Å². The van der Waals surface area contributed by atoms with E-state index < -0.39 is 0 Å². The number of likely N-dealkylation sites (tertiary alicyclic amines) is 1. The zero-order chi connectivity index (χ0) is 15.5. The fourth-order valence-corrected chi connectivity index (χ4v) is 3.51. The van der Waals surface area contributed by atoms with Gasteiger partial charge in [0.15, 0.2) is 0 Å². The van der Waals surface area contributed by atoms with Crippen molar-refractivity contribution in [3.8, 4) is 0 Å². The number of rotatable bonds is 2. The lowest BCUT2D eigenvalue weighted by molar-refractivity contribution is -0.133. The van der Waals surface area contributed by atoms with Gasteiger partial charge in [0.2, 0.25) is 5.91 Å². The van der Waals surface area contributed by atoms with E-state index >= 15 is 0 Å². The van der Waals surface area contributed by atoms with Crippen LogP contribution in [0.1, 0.15) is 33.6 Å². The van der Waals surface area contributed by atoms with Crippen molar-refractivity contribution in [1.82, 2.24) is 20.9 Å². The van der Waals surface area contributed by atoms with E-state index in [0.717, 1.165) is 37.6 Å². The van der Waals surface area contributed by atoms with Crippen LogP contribution in [0.2, 0.25) is 0 Å². The van der Waals surface area contributed by atoms with E-state index in [4.69, 9.17) is 0 Å². The molecule has 120 valence electrons. The van der Waals surface area contributed by atoms with Crippen molar-refractivity contribution in [3.63, 3.8) is 0 Å². The minimum Gasteiger partial charge on any atom is -0.341 e. The van der Waals surface area contributed by atoms with Gasteiger partial charge in [-0.25, -0.2) is 4.79 Å². The number of hydrogen-bond donors (Lipinski definition) is 3. The molecular weight excluding hydrogens is 288 g/mol. The molecule has 1 unspecified atom stereocenters. The first kappa shape index (κ1) is 16.4. The second-order valence-electron chi connectivity index (χ2n) is 6.72. The first-order valence-corrected chi connectivity index (χ1v) is 8.69. The maximum absolute atomic E-state index is 12.3. The van der Waals surface area contributed by atoms with E-state index in [1.807, 2.05) is 25.7 Å². The SMILES string of the molecule is CC(C)(C)NC(=O)NC1CCN(C(=O)C2CSCN2)CC1. The van der Waals surface area contributed by atoms with E-state index in [2.05, 4.69) is 16.0 Å². The molecule has 0 bridgehead atoms. The summed E-state index contributed by atoms with van der Waals surface area (Å²) >= 11 is 1.76. The van der Waals surface area contributed by atoms with Crippen molar-refractivity contribution in [1.29, 1.82) is 0 Å². The molecule has 0 aromatic heterocycles. The highest BCUT2D eigenvalue weighted by Crippen LogP contribution is 2.16. The van der Waals surface area contributed by atoms with Gasteiger partial charge in [-0.1, -0.05) is 0 Å². The minimum absolute atomic E-state index is 0.0244. The topological polar surface area (TPSA) is 73.5 Å². The molecule has 21 heavy (non-hydrogen) atoms. The molecule has 2 aliphatic rings. The fourth-order valence-electron chi connectivity index (χ4n) is 2.58. The Morgan fingerprint density at radius 2 is 1.90 bits per heavy atom. The maximum atomic E-state index is 12.3. The second kappa shape index (κ2) is 6.87. The summed E-state index contributed by atoms with van der Waals surface area (Å²) in [5.74, 6) is 1.93. The van der Waals surface area contributed by atoms with Gasteiger partial charge in [-0.05, 0) is 33.6 Å². The zero-order valence-corrected chi connectivity index (χ0v) is 13.9. The van der Waals surface area contributed by atoms with Gasteiger partial charge >= 0.3 is 6.03 Å². The molecule has 7 heteroatoms. The average molecular weight is 314 g/mol. The number of nitrogens with zero attached hydrogens (tertiary/aromatic N) is 1. The summed E-state index contributed by atoms with van der Waals surface area (Å²) in [7, 11) is 0. The summed E-state index contributed by atoms with van der Waals surface area (Å²) in [5.41, 5.74) is -0.230. The van der Waals surface area contributed by atoms with Crippen LogP contribution in [0.5, 0.6) is 0 Å². The highest BCUT2D eigenvalue weighted by atomic mass is 32.2. The fraction of sp³-hybridized carbons (Fsp3) is 0.857. The molecule has 2 heterocycles. The van der Waals surface area contributed by atoms with Crippen LogP contribution in [0, 0.1) is 0 Å². The molecule has 2 rings (SSSR count). The van der Waals surface area contributed by atoms with Crippen LogP contribution >= 0.6 is 11.8 Å². The van der Waals surface area contributed by atoms with Crippen LogP contribution in [-0.4, -0.2) is 59.2 Å². The Bertz CT molecular complexity index is 383. The summed E-state index contributed by atoms with van der Waals surface area (Å²) in [6, 6.07) is 0.00662. The number of urea groups is 1. The predicted octanol–water partition coefficient (Wildman–Crippen LogP) is 0.738. The van der Waals surface area contributed by atoms with E-state index in [-0.39, 0.29) is 29.6 Å². The first-order chi connectivity index (χ1) is 9.85. The molecule has 3 amide bonds. The summed E-state index contributed by atoms with van der Waals surface area (Å²) in [4.78, 5) is 26.0. The zero-order valence-electron chi connectivity index (χ0n) is 13.1. The van der Waals surface area contributed by atoms with Gasteiger partial charge in [-0.3, -0.25) is 10.1 Å². The number of carbonyl (C=O) groups is 2. The largest absolute Gasteiger partial charge is 0.341 e. The lowest BCUT2D eigenvalue weighted by atomic mass is 10.0. The van der Waals surface area contributed by atoms with Gasteiger partial charge in [-0.2, -0.15) is 0 Å². The third-order valence-electron chi connectivity index (χ3n) is 3.64. The average Bonchev–Trinajstić information content (AvgIpc) is 2.90. The van der Waals surface area contributed by atoms with Crippen LogP contribution in [-0.2, 0) is 4.79 Å². The van der Waals surface area contributed by atoms with Crippen molar-refractivity contribution in [3.05, 3.63) is 0 Å². The second-order valence-corrected chi connectivity index (χ2v) is 7.75. The lowest BCUT2D eigenvalue weighted by Gasteiger charge is -2.34. The van der Waals surface area contributed by atoms with Crippen LogP contribution in [0.25, 0.3) is 0 Å². The van der Waals surface area contributed by atoms with Gasteiger partial charge in [-0.15, -0.1) is 11.8 Å². The molecule has 2 saturated heterocycles. The van der Waals surface area contributed by atoms with Crippen molar-refractivity contribution in [2.45, 2.75) is 51.2 Å². The third kappa shape index (κ3) is 5.07. The minimum atomic E-state index is -0.230. The molecule has 0 aromatic carbocycles. The highest BCUT2D eigenvalue weighted by molar-refractivity contribution is 7.99. The monoisotopic (exact) mass is 314 g/mol. The van der Waals surface area contributed by atoms with Crippen molar-refractivity contribution < 1.29 is 9.59 Å². The van der Waals surface area contributed by atoms with Gasteiger partial charge in [0.25, 0.3) is 0 Å². The third-order valence-corrected chi connectivity index (χ3v) is 4.58. The standard InChI is InChI=1S/C14H26N4O2S/c1-14(2,3)17-13(20)16-10-4-6-18(7-5-10)12(19)11-8-21-9-15-11/h10-11,15H,4-9H2,1-3H3,(H2,16,17,20). The van der Waals surface area contributed by atoms with Crippen LogP contribution < -0.4 is 16.0 Å². The number of carbonyl (C=O) groups excluding carboxylic acids is 2. The Kier molecular flexibility index (Phi) is 5.37. The van der Waals surface area contributed by atoms with Crippen molar-refractivity contribution in [2.75, 3.05) is 24.7 Å². The molecule has 0 aliphatic carbocycles. The first-order valence-electron chi connectivity index (χ1n) is 7.54. The number of piperidine rings is 1. The molecular formula is C14H26N4O2S. The van der Waals surface area contributed by atoms with Gasteiger partial charge in [0.1, 0.15) is 0 Å². The van der Waals surface area contributed by atoms with E-state index in [1.165, 1.54) is 0 Å². The molecule has 0 radical (unpaired) electrons. The number of amides is 3. The van der Waals surface area contributed by atoms with Crippen LogP contribution in [0.15, 0.2) is 0 Å². The van der Waals surface area contributed by atoms with E-state index in [1.54, 1.807) is 11.8 Å². The normalized spacial score (nSPS) is 24.0. The Hall–Kier alpha value is -0.950. The quantitative estimate of drug-likeness (QED) is 0.703. The molecule has 2 fully saturated rings. The number of nitrogens with one attached hydrogen (secondary N) is 3. The Morgan fingerprint density at radius 3 is 2.43 bits per heavy atom. The maximum Gasteiger partial charge on any atom is 0.315 e. The molecule has 0 spiro atoms. The summed E-state index contributed by atoms with van der Waals surface area (Å²) in [6.07, 6.45) is 1.65. The molecule has 0 aromatic rings. The van der Waals surface area contributed by atoms with E-state index in [0.29, 0.717) is 0 Å². The number of hydrogen-bond acceptors (Lipinski definition) is 4. The van der Waals surface area contributed by atoms with Gasteiger partial charge in [0.05, 0.1) is 6.04 Å². The Balaban J connectivity index is 1.73. The molecule has 0 saturated carbocycles. The van der Waals surface area contributed by atoms with Crippen molar-refractivity contribution >= 4 is 23.7 Å². The summed E-state index contributed by atoms with van der Waals surface area (Å²) in [5, 5.41) is 9.11. The molecule has 1 atom stereocenters. The van der Waals surface area contributed by atoms with Crippen LogP contribution in [0.3, 0.4) is 0 Å². The van der Waals surface area contributed by atoms with Gasteiger partial charge < -0.3 is 15.5 Å². The smallest absolute Gasteiger partial charge is 0.315 e. The predicted molar refractivity (Wildman–Crippen MR) is 85.3 cm³/mol. The summed E-state index contributed by atoms with van der Waals surface area (Å²) in [6.45, 7) is 7.33. The number of thioether (sulfide) groups is 1.